The molecular weight excluding hydrogens is 205 g/mol. The van der Waals surface area contributed by atoms with Crippen LogP contribution < -0.4 is 5.32 Å². The summed E-state index contributed by atoms with van der Waals surface area (Å²) < 4.78 is 12.9. The minimum absolute atomic E-state index is 0.137. The van der Waals surface area contributed by atoms with E-state index >= 15 is 0 Å². The molecule has 0 radical (unpaired) electrons. The Kier molecular flexibility index (Phi) is 3.04. The van der Waals surface area contributed by atoms with E-state index in [9.17, 15) is 9.18 Å². The Bertz CT molecular complexity index is 439. The zero-order valence-corrected chi connectivity index (χ0v) is 9.16. The molecule has 0 aromatic heterocycles. The smallest absolute Gasteiger partial charge is 0.157 e. The maximum absolute atomic E-state index is 12.9. The third-order valence-electron chi connectivity index (χ3n) is 2.58. The fraction of sp³-hybridized carbons (Fsp3) is 0.308. The minimum Gasteiger partial charge on any atom is -0.359 e. The van der Waals surface area contributed by atoms with Gasteiger partial charge in [0.15, 0.2) is 5.78 Å². The van der Waals surface area contributed by atoms with Gasteiger partial charge in [-0.25, -0.2) is 4.39 Å². The normalized spacial score (nSPS) is 20.5. The Balaban J connectivity index is 2.13. The summed E-state index contributed by atoms with van der Waals surface area (Å²) in [5, 5.41) is 3.08. The molecule has 1 N–H and O–H groups in total. The molecule has 0 aliphatic heterocycles. The molecule has 0 saturated heterocycles. The van der Waals surface area contributed by atoms with Gasteiger partial charge in [0.1, 0.15) is 5.82 Å². The van der Waals surface area contributed by atoms with Crippen molar-refractivity contribution in [3.63, 3.8) is 0 Å². The molecule has 2 rings (SSSR count). The number of ketones is 1. The Morgan fingerprint density at radius 2 is 2.19 bits per heavy atom. The molecule has 0 heterocycles. The second-order valence-electron chi connectivity index (χ2n) is 4.28. The maximum Gasteiger partial charge on any atom is 0.157 e. The first kappa shape index (κ1) is 10.9. The number of allylic oxidation sites excluding steroid dienone is 2. The molecule has 0 saturated carbocycles. The van der Waals surface area contributed by atoms with Crippen LogP contribution in [0.25, 0.3) is 0 Å². The van der Waals surface area contributed by atoms with E-state index in [1.165, 1.54) is 12.1 Å². The van der Waals surface area contributed by atoms with Crippen LogP contribution in [0.1, 0.15) is 19.8 Å². The highest BCUT2D eigenvalue weighted by Gasteiger charge is 2.16. The van der Waals surface area contributed by atoms with Crippen molar-refractivity contribution in [3.8, 4) is 0 Å². The van der Waals surface area contributed by atoms with E-state index in [1.54, 1.807) is 18.2 Å². The number of anilines is 1. The van der Waals surface area contributed by atoms with Crippen LogP contribution in [-0.2, 0) is 4.79 Å². The van der Waals surface area contributed by atoms with E-state index in [2.05, 4.69) is 5.32 Å². The topological polar surface area (TPSA) is 29.1 Å². The fourth-order valence-electron chi connectivity index (χ4n) is 1.94. The fourth-order valence-corrected chi connectivity index (χ4v) is 1.94. The molecule has 0 amide bonds. The number of benzene rings is 1. The van der Waals surface area contributed by atoms with Crippen molar-refractivity contribution < 1.29 is 9.18 Å². The maximum atomic E-state index is 12.9. The lowest BCUT2D eigenvalue weighted by molar-refractivity contribution is -0.115. The second-order valence-corrected chi connectivity index (χ2v) is 4.28. The number of halogens is 1. The standard InChI is InChI=1S/C13H14FNO/c1-9-5-12(8-13(16)6-9)15-11-4-2-3-10(14)7-11/h2-4,7-9,15H,5-6H2,1H3. The van der Waals surface area contributed by atoms with Crippen LogP contribution in [0.5, 0.6) is 0 Å². The lowest BCUT2D eigenvalue weighted by Crippen LogP contribution is -2.15. The Labute approximate surface area is 94.2 Å². The molecule has 0 fully saturated rings. The van der Waals surface area contributed by atoms with Gasteiger partial charge in [0.2, 0.25) is 0 Å². The molecule has 84 valence electrons. The molecule has 3 heteroatoms. The largest absolute Gasteiger partial charge is 0.359 e. The highest BCUT2D eigenvalue weighted by molar-refractivity contribution is 5.91. The van der Waals surface area contributed by atoms with Crippen molar-refractivity contribution in [2.24, 2.45) is 5.92 Å². The van der Waals surface area contributed by atoms with Gasteiger partial charge in [-0.2, -0.15) is 0 Å². The van der Waals surface area contributed by atoms with Gasteiger partial charge in [0.05, 0.1) is 0 Å². The van der Waals surface area contributed by atoms with E-state index < -0.39 is 0 Å². The van der Waals surface area contributed by atoms with Gasteiger partial charge in [-0.05, 0) is 30.5 Å². The average molecular weight is 219 g/mol. The minimum atomic E-state index is -0.277. The third kappa shape index (κ3) is 2.69. The first-order valence-electron chi connectivity index (χ1n) is 5.39. The van der Waals surface area contributed by atoms with Crippen LogP contribution in [0.2, 0.25) is 0 Å². The van der Waals surface area contributed by atoms with Crippen molar-refractivity contribution in [2.45, 2.75) is 19.8 Å². The quantitative estimate of drug-likeness (QED) is 0.828. The molecule has 1 atom stereocenters. The number of carbonyl (C=O) groups excluding carboxylic acids is 1. The summed E-state index contributed by atoms with van der Waals surface area (Å²) in [7, 11) is 0. The summed E-state index contributed by atoms with van der Waals surface area (Å²) in [6.45, 7) is 2.04. The molecule has 1 aromatic carbocycles. The zero-order valence-electron chi connectivity index (χ0n) is 9.16. The van der Waals surface area contributed by atoms with E-state index in [1.807, 2.05) is 6.92 Å². The van der Waals surface area contributed by atoms with Gasteiger partial charge in [-0.3, -0.25) is 4.79 Å². The monoisotopic (exact) mass is 219 g/mol. The molecule has 1 aliphatic carbocycles. The summed E-state index contributed by atoms with van der Waals surface area (Å²) in [4.78, 5) is 11.4. The number of nitrogens with one attached hydrogen (secondary N) is 1. The summed E-state index contributed by atoms with van der Waals surface area (Å²) >= 11 is 0. The van der Waals surface area contributed by atoms with E-state index in [4.69, 9.17) is 0 Å². The van der Waals surface area contributed by atoms with Gasteiger partial charge in [-0.15, -0.1) is 0 Å². The lowest BCUT2D eigenvalue weighted by Gasteiger charge is -2.19. The molecular formula is C13H14FNO. The average Bonchev–Trinajstić information content (AvgIpc) is 2.15. The van der Waals surface area contributed by atoms with Crippen molar-refractivity contribution >= 4 is 11.5 Å². The number of carbonyl (C=O) groups is 1. The first-order valence-corrected chi connectivity index (χ1v) is 5.39. The SMILES string of the molecule is CC1CC(=O)C=C(Nc2cccc(F)c2)C1. The first-order chi connectivity index (χ1) is 7.63. The van der Waals surface area contributed by atoms with Gasteiger partial charge < -0.3 is 5.32 Å². The van der Waals surface area contributed by atoms with Crippen LogP contribution in [0.4, 0.5) is 10.1 Å². The Morgan fingerprint density at radius 3 is 2.88 bits per heavy atom. The van der Waals surface area contributed by atoms with E-state index in [0.29, 0.717) is 18.0 Å². The van der Waals surface area contributed by atoms with Gasteiger partial charge in [0.25, 0.3) is 0 Å². The summed E-state index contributed by atoms with van der Waals surface area (Å²) in [5.41, 5.74) is 1.56. The molecule has 2 nitrogen and oxygen atoms in total. The van der Waals surface area contributed by atoms with Crippen molar-refractivity contribution in [1.82, 2.24) is 0 Å². The van der Waals surface area contributed by atoms with Gasteiger partial charge in [0, 0.05) is 23.9 Å². The van der Waals surface area contributed by atoms with E-state index in [-0.39, 0.29) is 11.6 Å². The van der Waals surface area contributed by atoms with Gasteiger partial charge in [-0.1, -0.05) is 13.0 Å². The van der Waals surface area contributed by atoms with Gasteiger partial charge >= 0.3 is 0 Å². The third-order valence-corrected chi connectivity index (χ3v) is 2.58. The van der Waals surface area contributed by atoms with Crippen LogP contribution in [0, 0.1) is 11.7 Å². The van der Waals surface area contributed by atoms with Crippen LogP contribution in [-0.4, -0.2) is 5.78 Å². The number of hydrogen-bond acceptors (Lipinski definition) is 2. The van der Waals surface area contributed by atoms with Crippen LogP contribution in [0.15, 0.2) is 36.0 Å². The van der Waals surface area contributed by atoms with Crippen molar-refractivity contribution in [3.05, 3.63) is 41.9 Å². The predicted octanol–water partition coefficient (Wildman–Crippen LogP) is 3.12. The number of hydrogen-bond donors (Lipinski definition) is 1. The van der Waals surface area contributed by atoms with Crippen molar-refractivity contribution in [1.29, 1.82) is 0 Å². The van der Waals surface area contributed by atoms with Crippen LogP contribution >= 0.6 is 0 Å². The second kappa shape index (κ2) is 4.47. The zero-order chi connectivity index (χ0) is 11.5. The lowest BCUT2D eigenvalue weighted by atomic mass is 9.93. The predicted molar refractivity (Wildman–Crippen MR) is 61.5 cm³/mol. The highest BCUT2D eigenvalue weighted by atomic mass is 19.1. The Hall–Kier alpha value is -1.64. The molecule has 1 aromatic rings. The highest BCUT2D eigenvalue weighted by Crippen LogP contribution is 2.23. The molecule has 1 aliphatic rings. The summed E-state index contributed by atoms with van der Waals surface area (Å²) in [6, 6.07) is 6.25. The molecule has 0 spiro atoms. The molecule has 0 bridgehead atoms. The molecule has 16 heavy (non-hydrogen) atoms. The van der Waals surface area contributed by atoms with Crippen LogP contribution in [0.3, 0.4) is 0 Å². The number of rotatable bonds is 2. The molecule has 1 unspecified atom stereocenters. The summed E-state index contributed by atoms with van der Waals surface area (Å²) in [6.07, 6.45) is 3.06. The summed E-state index contributed by atoms with van der Waals surface area (Å²) in [5.74, 6) is 0.215. The Morgan fingerprint density at radius 1 is 1.38 bits per heavy atom. The van der Waals surface area contributed by atoms with Crippen molar-refractivity contribution in [2.75, 3.05) is 5.32 Å². The van der Waals surface area contributed by atoms with E-state index in [0.717, 1.165) is 12.1 Å².